The maximum Gasteiger partial charge on any atom is 0.230 e. The molecule has 2 aromatic heterocycles. The zero-order valence-electron chi connectivity index (χ0n) is 44.7. The summed E-state index contributed by atoms with van der Waals surface area (Å²) in [5, 5.41) is 16.1. The first-order valence-corrected chi connectivity index (χ1v) is 26.6. The standard InChI is InChI=1S/C71H54N4O4/c1-69(2)62-63(70(3,4)79-71(5,6)78-69)66(74(51-39-37-48(38-40-51)45-23-11-8-12-24-45)58-33-21-31-55-53-29-17-19-35-60(53)76-67(55)58)64(73-7)57(44-72)65(62)75(59-34-22-32-56-54-30-18-20-36-61(54)77-68(56)59)52-42-49(46-25-13-9-14-26-46)41-50(43-52)47-27-15-10-16-28-47/h8-43H,1-6H3. The van der Waals surface area contributed by atoms with Crippen molar-refractivity contribution in [3.8, 4) is 39.4 Å². The summed E-state index contributed by atoms with van der Waals surface area (Å²) in [6.45, 7) is 21.6. The van der Waals surface area contributed by atoms with Gasteiger partial charge in [0.15, 0.2) is 17.0 Å². The molecule has 0 aliphatic carbocycles. The topological polar surface area (TPSA) is 79.4 Å². The lowest BCUT2D eigenvalue weighted by Gasteiger charge is -2.40. The molecule has 8 heteroatoms. The van der Waals surface area contributed by atoms with E-state index in [0.29, 0.717) is 45.0 Å². The second-order valence-electron chi connectivity index (χ2n) is 21.6. The summed E-state index contributed by atoms with van der Waals surface area (Å²) in [5.41, 5.74) is 11.6. The van der Waals surface area contributed by atoms with Crippen molar-refractivity contribution in [2.24, 2.45) is 0 Å². The normalized spacial score (nSPS) is 14.4. The Hall–Kier alpha value is -9.70. The Morgan fingerprint density at radius 2 is 0.823 bits per heavy atom. The summed E-state index contributed by atoms with van der Waals surface area (Å²) in [7, 11) is 0. The molecule has 0 radical (unpaired) electrons. The predicted molar refractivity (Wildman–Crippen MR) is 320 cm³/mol. The van der Waals surface area contributed by atoms with Gasteiger partial charge in [-0.05, 0) is 130 Å². The van der Waals surface area contributed by atoms with Gasteiger partial charge in [-0.1, -0.05) is 164 Å². The number of fused-ring (bicyclic) bond motifs is 7. The lowest BCUT2D eigenvalue weighted by molar-refractivity contribution is -0.295. The second-order valence-corrected chi connectivity index (χ2v) is 21.6. The van der Waals surface area contributed by atoms with Crippen molar-refractivity contribution < 1.29 is 18.3 Å². The maximum absolute atomic E-state index is 12.4. The molecule has 0 amide bonds. The van der Waals surface area contributed by atoms with Crippen molar-refractivity contribution in [1.82, 2.24) is 0 Å². The fourth-order valence-corrected chi connectivity index (χ4v) is 12.3. The molecule has 0 N–H and O–H groups in total. The van der Waals surface area contributed by atoms with Gasteiger partial charge in [-0.3, -0.25) is 0 Å². The number of hydrogen-bond donors (Lipinski definition) is 0. The number of nitrogens with zero attached hydrogens (tertiary/aromatic N) is 4. The van der Waals surface area contributed by atoms with Gasteiger partial charge in [-0.2, -0.15) is 5.26 Å². The van der Waals surface area contributed by atoms with Gasteiger partial charge in [0.25, 0.3) is 0 Å². The van der Waals surface area contributed by atoms with Gasteiger partial charge in [0.1, 0.15) is 11.2 Å². The van der Waals surface area contributed by atoms with E-state index in [-0.39, 0.29) is 11.3 Å². The molecule has 79 heavy (non-hydrogen) atoms. The van der Waals surface area contributed by atoms with Crippen molar-refractivity contribution >= 4 is 83.7 Å². The van der Waals surface area contributed by atoms with Crippen LogP contribution in [-0.2, 0) is 20.7 Å². The summed E-state index contributed by atoms with van der Waals surface area (Å²) < 4.78 is 28.5. The minimum Gasteiger partial charge on any atom is -0.454 e. The van der Waals surface area contributed by atoms with E-state index in [2.05, 4.69) is 124 Å². The molecule has 10 aromatic carbocycles. The molecule has 8 nitrogen and oxygen atoms in total. The molecule has 13 rings (SSSR count). The smallest absolute Gasteiger partial charge is 0.230 e. The third-order valence-electron chi connectivity index (χ3n) is 15.2. The molecule has 12 aromatic rings. The van der Waals surface area contributed by atoms with Crippen LogP contribution in [0.5, 0.6) is 0 Å². The molecule has 0 saturated carbocycles. The molecule has 1 aliphatic heterocycles. The van der Waals surface area contributed by atoms with Crippen LogP contribution < -0.4 is 9.80 Å². The van der Waals surface area contributed by atoms with Gasteiger partial charge < -0.3 is 28.1 Å². The Kier molecular flexibility index (Phi) is 11.6. The lowest BCUT2D eigenvalue weighted by atomic mass is 9.79. The highest BCUT2D eigenvalue weighted by Gasteiger charge is 2.50. The van der Waals surface area contributed by atoms with E-state index in [0.717, 1.165) is 77.5 Å². The largest absolute Gasteiger partial charge is 0.454 e. The highest BCUT2D eigenvalue weighted by molar-refractivity contribution is 6.13. The van der Waals surface area contributed by atoms with Gasteiger partial charge in [-0.25, -0.2) is 4.85 Å². The zero-order valence-corrected chi connectivity index (χ0v) is 44.7. The van der Waals surface area contributed by atoms with Crippen LogP contribution in [0.15, 0.2) is 227 Å². The Labute approximate surface area is 459 Å². The molecular formula is C71H54N4O4. The Balaban J connectivity index is 1.21. The molecular weight excluding hydrogens is 973 g/mol. The highest BCUT2D eigenvalue weighted by Crippen LogP contribution is 2.61. The molecule has 0 fully saturated rings. The number of hydrogen-bond acceptors (Lipinski definition) is 7. The first kappa shape index (κ1) is 48.9. The predicted octanol–water partition coefficient (Wildman–Crippen LogP) is 20.1. The van der Waals surface area contributed by atoms with E-state index >= 15 is 0 Å². The summed E-state index contributed by atoms with van der Waals surface area (Å²) in [4.78, 5) is 8.79. The number of rotatable bonds is 9. The number of para-hydroxylation sites is 4. The van der Waals surface area contributed by atoms with E-state index < -0.39 is 17.0 Å². The molecule has 382 valence electrons. The summed E-state index contributed by atoms with van der Waals surface area (Å²) >= 11 is 0. The Morgan fingerprint density at radius 1 is 0.418 bits per heavy atom. The number of ether oxygens (including phenoxy) is 2. The Morgan fingerprint density at radius 3 is 1.29 bits per heavy atom. The minimum atomic E-state index is -1.23. The zero-order chi connectivity index (χ0) is 54.2. The van der Waals surface area contributed by atoms with Crippen molar-refractivity contribution in [3.63, 3.8) is 0 Å². The average Bonchev–Trinajstić information content (AvgIpc) is 4.11. The van der Waals surface area contributed by atoms with Crippen LogP contribution in [0.1, 0.15) is 58.2 Å². The fourth-order valence-electron chi connectivity index (χ4n) is 12.3. The van der Waals surface area contributed by atoms with Crippen molar-refractivity contribution in [1.29, 1.82) is 5.26 Å². The van der Waals surface area contributed by atoms with Crippen molar-refractivity contribution in [2.45, 2.75) is 58.5 Å². The number of anilines is 6. The van der Waals surface area contributed by atoms with Crippen LogP contribution in [-0.4, -0.2) is 5.79 Å². The third kappa shape index (κ3) is 8.29. The van der Waals surface area contributed by atoms with Crippen LogP contribution in [0.3, 0.4) is 0 Å². The van der Waals surface area contributed by atoms with Crippen molar-refractivity contribution in [2.75, 3.05) is 9.80 Å². The van der Waals surface area contributed by atoms with Crippen LogP contribution >= 0.6 is 0 Å². The average molecular weight is 1030 g/mol. The Bertz CT molecular complexity index is 4370. The SMILES string of the molecule is [C-]#[N+]c1c(C#N)c(N(c2cc(-c3ccccc3)cc(-c3ccccc3)c2)c2cccc3c2oc2ccccc23)c2c(c1N(c1ccc(-c3ccccc3)cc1)c1cccc3c1oc1ccccc13)C(C)(C)OC(C)(C)OC2(C)C. The highest BCUT2D eigenvalue weighted by atomic mass is 16.7. The van der Waals surface area contributed by atoms with E-state index in [1.165, 1.54) is 0 Å². The van der Waals surface area contributed by atoms with Gasteiger partial charge in [0.05, 0.1) is 52.2 Å². The van der Waals surface area contributed by atoms with Crippen LogP contribution in [0, 0.1) is 17.9 Å². The number of nitriles is 1. The van der Waals surface area contributed by atoms with Crippen molar-refractivity contribution in [3.05, 3.63) is 246 Å². The third-order valence-corrected chi connectivity index (χ3v) is 15.2. The van der Waals surface area contributed by atoms with Crippen LogP contribution in [0.4, 0.5) is 39.8 Å². The molecule has 0 atom stereocenters. The summed E-state index contributed by atoms with van der Waals surface area (Å²) in [5.74, 6) is -1.19. The molecule has 0 saturated heterocycles. The van der Waals surface area contributed by atoms with Gasteiger partial charge in [0, 0.05) is 44.0 Å². The van der Waals surface area contributed by atoms with Gasteiger partial charge in [-0.15, -0.1) is 0 Å². The van der Waals surface area contributed by atoms with Crippen LogP contribution in [0.25, 0.3) is 82.1 Å². The lowest BCUT2D eigenvalue weighted by Crippen LogP contribution is -2.38. The monoisotopic (exact) mass is 1030 g/mol. The quantitative estimate of drug-likeness (QED) is 0.133. The number of benzene rings is 10. The first-order valence-electron chi connectivity index (χ1n) is 26.6. The van der Waals surface area contributed by atoms with Crippen LogP contribution in [0.2, 0.25) is 0 Å². The maximum atomic E-state index is 12.4. The molecule has 0 unspecified atom stereocenters. The first-order chi connectivity index (χ1) is 38.3. The van der Waals surface area contributed by atoms with E-state index in [4.69, 9.17) is 18.3 Å². The van der Waals surface area contributed by atoms with E-state index in [1.54, 1.807) is 0 Å². The molecule has 3 heterocycles. The minimum absolute atomic E-state index is 0.118. The summed E-state index contributed by atoms with van der Waals surface area (Å²) in [6, 6.07) is 76.9. The number of furan rings is 2. The fraction of sp³-hybridized carbons (Fsp3) is 0.127. The molecule has 1 aliphatic rings. The second kappa shape index (κ2) is 18.8. The molecule has 0 spiro atoms. The molecule has 0 bridgehead atoms. The van der Waals surface area contributed by atoms with E-state index in [1.807, 2.05) is 157 Å². The summed E-state index contributed by atoms with van der Waals surface area (Å²) in [6.07, 6.45) is 0. The van der Waals surface area contributed by atoms with E-state index in [9.17, 15) is 11.8 Å². The van der Waals surface area contributed by atoms with Gasteiger partial charge in [0.2, 0.25) is 5.69 Å². The van der Waals surface area contributed by atoms with Gasteiger partial charge >= 0.3 is 0 Å².